The molecule has 0 spiro atoms. The third-order valence-corrected chi connectivity index (χ3v) is 4.59. The molecule has 21 heavy (non-hydrogen) atoms. The van der Waals surface area contributed by atoms with Gasteiger partial charge in [0.15, 0.2) is 5.17 Å². The number of para-hydroxylation sites is 1. The Kier molecular flexibility index (Phi) is 5.67. The van der Waals surface area contributed by atoms with E-state index in [2.05, 4.69) is 41.9 Å². The first kappa shape index (κ1) is 15.9. The molecule has 0 aliphatic carbocycles. The Hall–Kier alpha value is -1.49. The summed E-state index contributed by atoms with van der Waals surface area (Å²) in [4.78, 5) is 17.6. The third kappa shape index (κ3) is 4.24. The lowest BCUT2D eigenvalue weighted by Crippen LogP contribution is -2.33. The predicted octanol–water partition coefficient (Wildman–Crippen LogP) is 3.47. The van der Waals surface area contributed by atoms with E-state index < -0.39 is 5.97 Å². The van der Waals surface area contributed by atoms with Crippen LogP contribution in [-0.2, 0) is 4.79 Å². The van der Waals surface area contributed by atoms with Gasteiger partial charge in [-0.3, -0.25) is 9.79 Å². The van der Waals surface area contributed by atoms with Gasteiger partial charge in [0.1, 0.15) is 0 Å². The van der Waals surface area contributed by atoms with Crippen LogP contribution in [0.15, 0.2) is 23.2 Å². The summed E-state index contributed by atoms with van der Waals surface area (Å²) in [5, 5.41) is 9.89. The number of rotatable bonds is 5. The molecule has 1 aliphatic rings. The average molecular weight is 306 g/mol. The topological polar surface area (TPSA) is 52.9 Å². The zero-order chi connectivity index (χ0) is 15.2. The lowest BCUT2D eigenvalue weighted by molar-refractivity contribution is -0.137. The minimum atomic E-state index is -0.741. The van der Waals surface area contributed by atoms with Crippen molar-refractivity contribution in [3.8, 4) is 0 Å². The number of anilines is 1. The fourth-order valence-corrected chi connectivity index (χ4v) is 3.51. The summed E-state index contributed by atoms with van der Waals surface area (Å²) in [5.74, 6) is 0.342. The Balaban J connectivity index is 2.26. The van der Waals surface area contributed by atoms with Crippen molar-refractivity contribution in [1.29, 1.82) is 0 Å². The molecule has 1 aromatic carbocycles. The minimum absolute atomic E-state index is 0.194. The van der Waals surface area contributed by atoms with Crippen LogP contribution in [-0.4, -0.2) is 35.1 Å². The van der Waals surface area contributed by atoms with E-state index in [1.807, 2.05) is 0 Å². The Morgan fingerprint density at radius 3 is 2.67 bits per heavy atom. The normalized spacial score (nSPS) is 14.7. The summed E-state index contributed by atoms with van der Waals surface area (Å²) in [6.45, 7) is 5.76. The van der Waals surface area contributed by atoms with E-state index in [1.54, 1.807) is 11.8 Å². The molecule has 0 radical (unpaired) electrons. The lowest BCUT2D eigenvalue weighted by Gasteiger charge is -2.30. The number of nitrogens with zero attached hydrogens (tertiary/aromatic N) is 2. The highest BCUT2D eigenvalue weighted by Gasteiger charge is 2.19. The molecule has 0 saturated heterocycles. The largest absolute Gasteiger partial charge is 0.481 e. The Labute approximate surface area is 130 Å². The van der Waals surface area contributed by atoms with Gasteiger partial charge in [-0.1, -0.05) is 30.0 Å². The van der Waals surface area contributed by atoms with Gasteiger partial charge in [-0.25, -0.2) is 0 Å². The van der Waals surface area contributed by atoms with E-state index in [4.69, 9.17) is 5.11 Å². The molecule has 114 valence electrons. The number of benzene rings is 1. The highest BCUT2D eigenvalue weighted by atomic mass is 32.2. The van der Waals surface area contributed by atoms with E-state index in [-0.39, 0.29) is 6.42 Å². The van der Waals surface area contributed by atoms with Gasteiger partial charge >= 0.3 is 5.97 Å². The van der Waals surface area contributed by atoms with Crippen LogP contribution in [0.3, 0.4) is 0 Å². The molecule has 4 nitrogen and oxygen atoms in total. The highest BCUT2D eigenvalue weighted by molar-refractivity contribution is 8.14. The number of carboxylic acid groups (broad SMARTS) is 1. The second-order valence-corrected chi connectivity index (χ2v) is 6.32. The van der Waals surface area contributed by atoms with Crippen molar-refractivity contribution in [3.05, 3.63) is 29.3 Å². The molecule has 2 rings (SSSR count). The van der Waals surface area contributed by atoms with Gasteiger partial charge in [-0.05, 0) is 37.8 Å². The quantitative estimate of drug-likeness (QED) is 0.905. The molecule has 0 amide bonds. The average Bonchev–Trinajstić information content (AvgIpc) is 2.46. The van der Waals surface area contributed by atoms with Gasteiger partial charge < -0.3 is 10.0 Å². The predicted molar refractivity (Wildman–Crippen MR) is 89.5 cm³/mol. The maximum absolute atomic E-state index is 10.8. The van der Waals surface area contributed by atoms with Crippen LogP contribution in [0.25, 0.3) is 0 Å². The Morgan fingerprint density at radius 2 is 2.10 bits per heavy atom. The minimum Gasteiger partial charge on any atom is -0.481 e. The van der Waals surface area contributed by atoms with Gasteiger partial charge in [-0.2, -0.15) is 0 Å². The smallest absolute Gasteiger partial charge is 0.303 e. The fourth-order valence-electron chi connectivity index (χ4n) is 2.53. The summed E-state index contributed by atoms with van der Waals surface area (Å²) in [6.07, 6.45) is 1.94. The van der Waals surface area contributed by atoms with Gasteiger partial charge in [0.2, 0.25) is 0 Å². The number of aliphatic imine (C=N–C) groups is 1. The first-order chi connectivity index (χ1) is 10.1. The number of hydrogen-bond acceptors (Lipinski definition) is 4. The van der Waals surface area contributed by atoms with Crippen molar-refractivity contribution in [1.82, 2.24) is 0 Å². The summed E-state index contributed by atoms with van der Waals surface area (Å²) in [5.41, 5.74) is 3.59. The molecular weight excluding hydrogens is 284 g/mol. The first-order valence-corrected chi connectivity index (χ1v) is 8.31. The van der Waals surface area contributed by atoms with Crippen LogP contribution >= 0.6 is 11.8 Å². The number of aryl methyl sites for hydroxylation is 2. The van der Waals surface area contributed by atoms with Crippen molar-refractivity contribution in [3.63, 3.8) is 0 Å². The van der Waals surface area contributed by atoms with Gasteiger partial charge in [0, 0.05) is 31.0 Å². The van der Waals surface area contributed by atoms with Crippen LogP contribution in [0.2, 0.25) is 0 Å². The lowest BCUT2D eigenvalue weighted by atomic mass is 10.1. The number of carboxylic acids is 1. The molecule has 5 heteroatoms. The number of thioether (sulfide) groups is 1. The monoisotopic (exact) mass is 306 g/mol. The van der Waals surface area contributed by atoms with Gasteiger partial charge in [-0.15, -0.1) is 0 Å². The molecule has 1 aliphatic heterocycles. The molecule has 0 bridgehead atoms. The van der Waals surface area contributed by atoms with Crippen LogP contribution < -0.4 is 4.90 Å². The van der Waals surface area contributed by atoms with E-state index in [0.29, 0.717) is 13.0 Å². The molecule has 0 atom stereocenters. The van der Waals surface area contributed by atoms with E-state index in [0.717, 1.165) is 23.9 Å². The Bertz CT molecular complexity index is 523. The van der Waals surface area contributed by atoms with E-state index in [1.165, 1.54) is 16.8 Å². The molecule has 1 N–H and O–H groups in total. The first-order valence-electron chi connectivity index (χ1n) is 7.32. The molecule has 1 heterocycles. The zero-order valence-corrected chi connectivity index (χ0v) is 13.4. The number of aliphatic carboxylic acids is 1. The molecule has 0 fully saturated rings. The number of carbonyl (C=O) groups is 1. The van der Waals surface area contributed by atoms with Crippen LogP contribution in [0.4, 0.5) is 5.69 Å². The summed E-state index contributed by atoms with van der Waals surface area (Å²) >= 11 is 1.77. The van der Waals surface area contributed by atoms with Crippen LogP contribution in [0, 0.1) is 13.8 Å². The standard InChI is InChI=1S/C16H22N2O2S/c1-12-6-3-7-13(2)15(12)18(10-4-8-14(19)20)16-17-9-5-11-21-16/h3,6-7H,4-5,8-11H2,1-2H3,(H,19,20). The SMILES string of the molecule is Cc1cccc(C)c1N(CCCC(=O)O)C1=NCCCS1. The third-order valence-electron chi connectivity index (χ3n) is 3.49. The van der Waals surface area contributed by atoms with Gasteiger partial charge in [0.25, 0.3) is 0 Å². The summed E-state index contributed by atoms with van der Waals surface area (Å²) < 4.78 is 0. The second-order valence-electron chi connectivity index (χ2n) is 5.26. The molecule has 0 unspecified atom stereocenters. The summed E-state index contributed by atoms with van der Waals surface area (Å²) in [6, 6.07) is 6.25. The van der Waals surface area contributed by atoms with Crippen molar-refractivity contribution in [2.75, 3.05) is 23.7 Å². The van der Waals surface area contributed by atoms with Crippen molar-refractivity contribution in [2.45, 2.75) is 33.1 Å². The summed E-state index contributed by atoms with van der Waals surface area (Å²) in [7, 11) is 0. The number of hydrogen-bond donors (Lipinski definition) is 1. The van der Waals surface area contributed by atoms with Gasteiger partial charge in [0.05, 0.1) is 0 Å². The van der Waals surface area contributed by atoms with Crippen molar-refractivity contribution in [2.24, 2.45) is 4.99 Å². The number of amidine groups is 1. The zero-order valence-electron chi connectivity index (χ0n) is 12.6. The van der Waals surface area contributed by atoms with E-state index >= 15 is 0 Å². The maximum atomic E-state index is 10.8. The van der Waals surface area contributed by atoms with Crippen molar-refractivity contribution < 1.29 is 9.90 Å². The Morgan fingerprint density at radius 1 is 1.38 bits per heavy atom. The molecule has 1 aromatic rings. The van der Waals surface area contributed by atoms with E-state index in [9.17, 15) is 4.79 Å². The van der Waals surface area contributed by atoms with Crippen LogP contribution in [0.1, 0.15) is 30.4 Å². The maximum Gasteiger partial charge on any atom is 0.303 e. The highest BCUT2D eigenvalue weighted by Crippen LogP contribution is 2.29. The van der Waals surface area contributed by atoms with Crippen LogP contribution in [0.5, 0.6) is 0 Å². The second kappa shape index (κ2) is 7.50. The molecule has 0 saturated carbocycles. The fraction of sp³-hybridized carbons (Fsp3) is 0.500. The molecule has 0 aromatic heterocycles. The molecular formula is C16H22N2O2S. The van der Waals surface area contributed by atoms with Crippen molar-refractivity contribution >= 4 is 28.6 Å².